The number of piperidine rings is 1. The van der Waals surface area contributed by atoms with Gasteiger partial charge in [0.15, 0.2) is 11.6 Å². The lowest BCUT2D eigenvalue weighted by molar-refractivity contribution is 0.102. The number of aromatic nitrogens is 1. The molecule has 1 aliphatic rings. The second-order valence-electron chi connectivity index (χ2n) is 6.85. The molecule has 2 heterocycles. The Kier molecular flexibility index (Phi) is 7.60. The number of nitrogens with zero attached hydrogens (tertiary/aromatic N) is 1. The van der Waals surface area contributed by atoms with E-state index >= 15 is 0 Å². The number of halogens is 2. The molecular weight excluding hydrogens is 385 g/mol. The molecule has 1 fully saturated rings. The molecule has 0 saturated carbocycles. The highest BCUT2D eigenvalue weighted by Gasteiger charge is 2.19. The van der Waals surface area contributed by atoms with E-state index < -0.39 is 11.7 Å². The van der Waals surface area contributed by atoms with Crippen molar-refractivity contribution in [2.24, 2.45) is 5.92 Å². The van der Waals surface area contributed by atoms with E-state index in [1.54, 1.807) is 23.8 Å². The fourth-order valence-electron chi connectivity index (χ4n) is 3.37. The zero-order valence-corrected chi connectivity index (χ0v) is 16.8. The smallest absolute Gasteiger partial charge is 0.263 e. The molecule has 1 atom stereocenters. The van der Waals surface area contributed by atoms with E-state index in [2.05, 4.69) is 10.6 Å². The topological polar surface area (TPSA) is 72.4 Å². The van der Waals surface area contributed by atoms with Crippen LogP contribution in [0.15, 0.2) is 35.3 Å². The molecule has 3 rings (SSSR count). The number of hydrogen-bond acceptors (Lipinski definition) is 4. The van der Waals surface area contributed by atoms with Gasteiger partial charge in [0.1, 0.15) is 5.56 Å². The highest BCUT2D eigenvalue weighted by atomic mass is 35.5. The van der Waals surface area contributed by atoms with E-state index in [1.807, 2.05) is 0 Å². The van der Waals surface area contributed by atoms with E-state index in [-0.39, 0.29) is 29.3 Å². The van der Waals surface area contributed by atoms with Gasteiger partial charge in [0, 0.05) is 24.5 Å². The quantitative estimate of drug-likeness (QED) is 0.796. The average Bonchev–Trinajstić information content (AvgIpc) is 2.66. The lowest BCUT2D eigenvalue weighted by Gasteiger charge is -2.23. The number of aryl methyl sites for hydroxylation is 1. The van der Waals surface area contributed by atoms with Gasteiger partial charge < -0.3 is 19.9 Å². The summed E-state index contributed by atoms with van der Waals surface area (Å²) < 4.78 is 20.1. The van der Waals surface area contributed by atoms with Gasteiger partial charge in [0.2, 0.25) is 0 Å². The molecule has 28 heavy (non-hydrogen) atoms. The molecule has 1 saturated heterocycles. The molecular formula is C20H25ClFN3O3. The minimum Gasteiger partial charge on any atom is -0.494 e. The summed E-state index contributed by atoms with van der Waals surface area (Å²) in [6, 6.07) is 5.80. The second-order valence-corrected chi connectivity index (χ2v) is 6.85. The molecule has 1 aromatic carbocycles. The number of pyridine rings is 1. The van der Waals surface area contributed by atoms with Gasteiger partial charge in [0.25, 0.3) is 11.5 Å². The van der Waals surface area contributed by atoms with Crippen molar-refractivity contribution in [1.29, 1.82) is 0 Å². The van der Waals surface area contributed by atoms with Crippen LogP contribution in [0.4, 0.5) is 10.1 Å². The zero-order chi connectivity index (χ0) is 19.4. The van der Waals surface area contributed by atoms with Crippen molar-refractivity contribution < 1.29 is 13.9 Å². The molecule has 6 nitrogen and oxygen atoms in total. The number of amides is 1. The van der Waals surface area contributed by atoms with Crippen molar-refractivity contribution in [1.82, 2.24) is 9.88 Å². The first-order valence-electron chi connectivity index (χ1n) is 9.05. The Bertz CT molecular complexity index is 895. The minimum absolute atomic E-state index is 0. The third-order valence-electron chi connectivity index (χ3n) is 4.86. The predicted octanol–water partition coefficient (Wildman–Crippen LogP) is 2.98. The van der Waals surface area contributed by atoms with Crippen LogP contribution in [0.3, 0.4) is 0 Å². The molecule has 1 aliphatic heterocycles. The first kappa shape index (κ1) is 21.9. The number of methoxy groups -OCH3 is 1. The maximum Gasteiger partial charge on any atom is 0.263 e. The summed E-state index contributed by atoms with van der Waals surface area (Å²) in [7, 11) is 1.35. The Balaban J connectivity index is 0.00000280. The van der Waals surface area contributed by atoms with E-state index in [0.717, 1.165) is 25.9 Å². The van der Waals surface area contributed by atoms with Crippen molar-refractivity contribution in [3.63, 3.8) is 0 Å². The largest absolute Gasteiger partial charge is 0.494 e. The average molecular weight is 410 g/mol. The van der Waals surface area contributed by atoms with Crippen molar-refractivity contribution in [2.75, 3.05) is 25.5 Å². The Morgan fingerprint density at radius 1 is 1.39 bits per heavy atom. The Morgan fingerprint density at radius 3 is 2.86 bits per heavy atom. The highest BCUT2D eigenvalue weighted by molar-refractivity contribution is 6.05. The third kappa shape index (κ3) is 4.91. The molecule has 0 spiro atoms. The van der Waals surface area contributed by atoms with Crippen molar-refractivity contribution in [2.45, 2.75) is 26.3 Å². The van der Waals surface area contributed by atoms with Gasteiger partial charge in [-0.3, -0.25) is 9.59 Å². The number of hydrogen-bond donors (Lipinski definition) is 2. The van der Waals surface area contributed by atoms with Crippen molar-refractivity contribution in [3.8, 4) is 5.75 Å². The summed E-state index contributed by atoms with van der Waals surface area (Å²) in [5.74, 6) is -0.631. The summed E-state index contributed by atoms with van der Waals surface area (Å²) in [4.78, 5) is 25.6. The molecule has 1 amide bonds. The normalized spacial score (nSPS) is 16.2. The second kappa shape index (κ2) is 9.71. The van der Waals surface area contributed by atoms with Crippen LogP contribution in [0.5, 0.6) is 5.75 Å². The monoisotopic (exact) mass is 409 g/mol. The molecule has 0 aliphatic carbocycles. The first-order chi connectivity index (χ1) is 13.0. The van der Waals surface area contributed by atoms with Crippen LogP contribution in [0, 0.1) is 18.7 Å². The van der Waals surface area contributed by atoms with Gasteiger partial charge in [-0.25, -0.2) is 4.39 Å². The zero-order valence-electron chi connectivity index (χ0n) is 16.0. The van der Waals surface area contributed by atoms with Crippen LogP contribution in [-0.2, 0) is 6.54 Å². The van der Waals surface area contributed by atoms with Crippen LogP contribution >= 0.6 is 12.4 Å². The molecule has 1 unspecified atom stereocenters. The standard InChI is InChI=1S/C20H24FN3O3.ClH/c1-13-7-9-24(12-14-4-3-8-22-11-14)20(26)18(13)19(25)23-15-5-6-16(21)17(10-15)27-2;/h5-7,9-10,14,22H,3-4,8,11-12H2,1-2H3,(H,23,25);1H. The lowest BCUT2D eigenvalue weighted by atomic mass is 9.99. The maximum atomic E-state index is 13.5. The number of ether oxygens (including phenoxy) is 1. The van der Waals surface area contributed by atoms with Crippen molar-refractivity contribution in [3.05, 3.63) is 57.8 Å². The number of carbonyl (C=O) groups excluding carboxylic acids is 1. The van der Waals surface area contributed by atoms with Gasteiger partial charge >= 0.3 is 0 Å². The minimum atomic E-state index is -0.519. The predicted molar refractivity (Wildman–Crippen MR) is 109 cm³/mol. The molecule has 0 bridgehead atoms. The summed E-state index contributed by atoms with van der Waals surface area (Å²) in [6.45, 7) is 4.19. The number of anilines is 1. The summed E-state index contributed by atoms with van der Waals surface area (Å²) in [6.07, 6.45) is 3.89. The van der Waals surface area contributed by atoms with Crippen LogP contribution < -0.4 is 20.9 Å². The van der Waals surface area contributed by atoms with Gasteiger partial charge in [0.05, 0.1) is 7.11 Å². The Morgan fingerprint density at radius 2 is 2.18 bits per heavy atom. The van der Waals surface area contributed by atoms with Crippen LogP contribution in [0.2, 0.25) is 0 Å². The molecule has 1 aromatic heterocycles. The molecule has 0 radical (unpaired) electrons. The highest BCUT2D eigenvalue weighted by Crippen LogP contribution is 2.22. The van der Waals surface area contributed by atoms with Gasteiger partial charge in [-0.05, 0) is 62.5 Å². The number of carbonyl (C=O) groups is 1. The third-order valence-corrected chi connectivity index (χ3v) is 4.86. The number of rotatable bonds is 5. The molecule has 152 valence electrons. The van der Waals surface area contributed by atoms with E-state index in [4.69, 9.17) is 4.74 Å². The summed E-state index contributed by atoms with van der Waals surface area (Å²) in [5, 5.41) is 6.00. The lowest BCUT2D eigenvalue weighted by Crippen LogP contribution is -2.36. The number of benzene rings is 1. The fraction of sp³-hybridized carbons (Fsp3) is 0.400. The van der Waals surface area contributed by atoms with Gasteiger partial charge in [-0.2, -0.15) is 0 Å². The van der Waals surface area contributed by atoms with E-state index in [1.165, 1.54) is 25.3 Å². The molecule has 2 aromatic rings. The van der Waals surface area contributed by atoms with Crippen LogP contribution in [0.1, 0.15) is 28.8 Å². The SMILES string of the molecule is COc1cc(NC(=O)c2c(C)ccn(CC3CCCNC3)c2=O)ccc1F.Cl. The first-order valence-corrected chi connectivity index (χ1v) is 9.05. The Hall–Kier alpha value is -2.38. The number of nitrogens with one attached hydrogen (secondary N) is 2. The summed E-state index contributed by atoms with van der Waals surface area (Å²) in [5.41, 5.74) is 0.755. The molecule has 2 N–H and O–H groups in total. The van der Waals surface area contributed by atoms with E-state index in [0.29, 0.717) is 23.7 Å². The van der Waals surface area contributed by atoms with Crippen LogP contribution in [0.25, 0.3) is 0 Å². The molecule has 8 heteroatoms. The summed E-state index contributed by atoms with van der Waals surface area (Å²) >= 11 is 0. The van der Waals surface area contributed by atoms with Crippen molar-refractivity contribution >= 4 is 24.0 Å². The van der Waals surface area contributed by atoms with Gasteiger partial charge in [-0.1, -0.05) is 0 Å². The van der Waals surface area contributed by atoms with E-state index in [9.17, 15) is 14.0 Å². The van der Waals surface area contributed by atoms with Crippen LogP contribution in [-0.4, -0.2) is 30.7 Å². The fourth-order valence-corrected chi connectivity index (χ4v) is 3.37. The maximum absolute atomic E-state index is 13.5. The van der Waals surface area contributed by atoms with Gasteiger partial charge in [-0.15, -0.1) is 12.4 Å². The Labute approximate surface area is 169 Å².